The molecule has 184 valence electrons. The highest BCUT2D eigenvalue weighted by atomic mass is 19.4. The Balaban J connectivity index is 1.99. The van der Waals surface area contributed by atoms with Gasteiger partial charge in [0.15, 0.2) is 0 Å². The third-order valence-electron chi connectivity index (χ3n) is 5.69. The van der Waals surface area contributed by atoms with Crippen molar-refractivity contribution in [3.63, 3.8) is 0 Å². The number of amides is 1. The van der Waals surface area contributed by atoms with Gasteiger partial charge in [-0.3, -0.25) is 24.6 Å². The van der Waals surface area contributed by atoms with Gasteiger partial charge >= 0.3 is 6.18 Å². The van der Waals surface area contributed by atoms with Crippen LogP contribution in [0.4, 0.5) is 24.5 Å². The molecule has 11 heteroatoms. The van der Waals surface area contributed by atoms with E-state index in [2.05, 4.69) is 0 Å². The van der Waals surface area contributed by atoms with Gasteiger partial charge in [-0.2, -0.15) is 13.2 Å². The summed E-state index contributed by atoms with van der Waals surface area (Å²) in [4.78, 5) is 38.0. The molecular formula is C25H17F3N2O6. The van der Waals surface area contributed by atoms with E-state index in [-0.39, 0.29) is 16.8 Å². The van der Waals surface area contributed by atoms with Gasteiger partial charge in [0.25, 0.3) is 17.4 Å². The number of ketones is 1. The van der Waals surface area contributed by atoms with Gasteiger partial charge in [-0.1, -0.05) is 18.2 Å². The Bertz CT molecular complexity index is 1400. The average molecular weight is 498 g/mol. The van der Waals surface area contributed by atoms with E-state index in [0.29, 0.717) is 11.8 Å². The molecule has 1 atom stereocenters. The van der Waals surface area contributed by atoms with Crippen LogP contribution < -0.4 is 9.64 Å². The number of halogens is 3. The van der Waals surface area contributed by atoms with Crippen LogP contribution in [0.1, 0.15) is 22.7 Å². The lowest BCUT2D eigenvalue weighted by Crippen LogP contribution is -2.30. The molecule has 1 fully saturated rings. The van der Waals surface area contributed by atoms with Crippen LogP contribution >= 0.6 is 0 Å². The lowest BCUT2D eigenvalue weighted by molar-refractivity contribution is -0.385. The molecule has 0 bridgehead atoms. The second-order valence-corrected chi connectivity index (χ2v) is 7.76. The molecule has 1 aliphatic rings. The average Bonchev–Trinajstić information content (AvgIpc) is 3.13. The molecule has 36 heavy (non-hydrogen) atoms. The molecule has 1 N–H and O–H groups in total. The third kappa shape index (κ3) is 4.26. The van der Waals surface area contributed by atoms with Crippen molar-refractivity contribution >= 4 is 28.8 Å². The smallest absolute Gasteiger partial charge is 0.416 e. The number of benzene rings is 3. The Labute approximate surface area is 202 Å². The quantitative estimate of drug-likeness (QED) is 0.169. The maximum absolute atomic E-state index is 13.4. The number of carbonyl (C=O) groups is 2. The number of hydrogen-bond donors (Lipinski definition) is 1. The van der Waals surface area contributed by atoms with E-state index in [1.807, 2.05) is 0 Å². The molecule has 3 aromatic rings. The topological polar surface area (TPSA) is 110 Å². The number of ether oxygens (including phenoxy) is 1. The van der Waals surface area contributed by atoms with Crippen LogP contribution in [0, 0.1) is 10.1 Å². The van der Waals surface area contributed by atoms with Crippen LogP contribution in [0.2, 0.25) is 0 Å². The van der Waals surface area contributed by atoms with E-state index in [4.69, 9.17) is 4.74 Å². The molecule has 8 nitrogen and oxygen atoms in total. The lowest BCUT2D eigenvalue weighted by Gasteiger charge is -2.25. The fourth-order valence-corrected chi connectivity index (χ4v) is 4.01. The Hall–Kier alpha value is -4.67. The Morgan fingerprint density at radius 1 is 1.03 bits per heavy atom. The van der Waals surface area contributed by atoms with Crippen LogP contribution in [0.25, 0.3) is 5.76 Å². The van der Waals surface area contributed by atoms with Gasteiger partial charge in [0.2, 0.25) is 0 Å². The summed E-state index contributed by atoms with van der Waals surface area (Å²) in [6, 6.07) is 13.1. The Morgan fingerprint density at radius 3 is 2.31 bits per heavy atom. The fraction of sp³-hybridized carbons (Fsp3) is 0.120. The highest BCUT2D eigenvalue weighted by Gasteiger charge is 2.49. The highest BCUT2D eigenvalue weighted by Crippen LogP contribution is 2.45. The normalized spacial score (nSPS) is 17.3. The standard InChI is InChI=1S/C25H17F3N2O6/c1-36-17-11-9-14(10-12-17)22(31)20-21(18-7-2-3-8-19(18)30(34)35)29(24(33)23(20)32)16-6-4-5-15(13-16)25(26,27)28/h2-13,21,31H,1H3/b22-20+. The lowest BCUT2D eigenvalue weighted by atomic mass is 9.94. The number of nitro groups is 1. The van der Waals surface area contributed by atoms with Crippen molar-refractivity contribution in [3.8, 4) is 5.75 Å². The van der Waals surface area contributed by atoms with Gasteiger partial charge in [0.1, 0.15) is 17.6 Å². The second-order valence-electron chi connectivity index (χ2n) is 7.76. The molecule has 0 spiro atoms. The highest BCUT2D eigenvalue weighted by molar-refractivity contribution is 6.51. The molecule has 0 aliphatic carbocycles. The Kier molecular flexibility index (Phi) is 6.23. The van der Waals surface area contributed by atoms with Crippen LogP contribution in [-0.2, 0) is 15.8 Å². The summed E-state index contributed by atoms with van der Waals surface area (Å²) in [5, 5.41) is 22.8. The zero-order valence-corrected chi connectivity index (χ0v) is 18.5. The number of para-hydroxylation sites is 1. The van der Waals surface area contributed by atoms with E-state index in [9.17, 15) is 38.0 Å². The van der Waals surface area contributed by atoms with Gasteiger partial charge in [-0.05, 0) is 48.5 Å². The predicted molar refractivity (Wildman–Crippen MR) is 122 cm³/mol. The SMILES string of the molecule is COc1ccc(/C(O)=C2\C(=O)C(=O)N(c3cccc(C(F)(F)F)c3)C2c2ccccc2[N+](=O)[O-])cc1. The second kappa shape index (κ2) is 9.17. The number of aliphatic hydroxyl groups is 1. The zero-order valence-electron chi connectivity index (χ0n) is 18.5. The van der Waals surface area contributed by atoms with Crippen LogP contribution in [0.5, 0.6) is 5.75 Å². The minimum atomic E-state index is -4.75. The van der Waals surface area contributed by atoms with Gasteiger partial charge < -0.3 is 9.84 Å². The number of methoxy groups -OCH3 is 1. The molecule has 1 aliphatic heterocycles. The summed E-state index contributed by atoms with van der Waals surface area (Å²) < 4.78 is 45.2. The summed E-state index contributed by atoms with van der Waals surface area (Å²) in [6.07, 6.45) is -4.75. The number of nitro benzene ring substituents is 1. The van der Waals surface area contributed by atoms with E-state index in [1.165, 1.54) is 55.6 Å². The van der Waals surface area contributed by atoms with Gasteiger partial charge in [-0.15, -0.1) is 0 Å². The molecule has 1 saturated heterocycles. The van der Waals surface area contributed by atoms with Crippen molar-refractivity contribution in [3.05, 3.63) is 105 Å². The number of alkyl halides is 3. The largest absolute Gasteiger partial charge is 0.507 e. The number of aliphatic hydroxyl groups excluding tert-OH is 1. The summed E-state index contributed by atoms with van der Waals surface area (Å²) in [5.41, 5.74) is -2.45. The maximum Gasteiger partial charge on any atom is 0.416 e. The van der Waals surface area contributed by atoms with Crippen molar-refractivity contribution in [1.82, 2.24) is 0 Å². The number of Topliss-reactive ketones (excluding diaryl/α,β-unsaturated/α-hetero) is 1. The monoisotopic (exact) mass is 498 g/mol. The molecule has 0 saturated carbocycles. The first-order valence-corrected chi connectivity index (χ1v) is 10.4. The van der Waals surface area contributed by atoms with Crippen molar-refractivity contribution in [1.29, 1.82) is 0 Å². The van der Waals surface area contributed by atoms with Crippen LogP contribution in [-0.4, -0.2) is 28.8 Å². The number of nitrogens with zero attached hydrogens (tertiary/aromatic N) is 2. The summed E-state index contributed by atoms with van der Waals surface area (Å²) in [5.74, 6) is -2.66. The minimum Gasteiger partial charge on any atom is -0.507 e. The Morgan fingerprint density at radius 2 is 1.69 bits per heavy atom. The molecule has 4 rings (SSSR count). The predicted octanol–water partition coefficient (Wildman–Crippen LogP) is 5.25. The number of carbonyl (C=O) groups excluding carboxylic acids is 2. The van der Waals surface area contributed by atoms with Crippen molar-refractivity contribution in [2.45, 2.75) is 12.2 Å². The molecule has 0 aromatic heterocycles. The van der Waals surface area contributed by atoms with Gasteiger partial charge in [0, 0.05) is 17.3 Å². The van der Waals surface area contributed by atoms with E-state index in [0.717, 1.165) is 23.1 Å². The first-order valence-electron chi connectivity index (χ1n) is 10.4. The first kappa shape index (κ1) is 24.5. The van der Waals surface area contributed by atoms with Gasteiger partial charge in [-0.25, -0.2) is 0 Å². The van der Waals surface area contributed by atoms with Crippen molar-refractivity contribution in [2.24, 2.45) is 0 Å². The van der Waals surface area contributed by atoms with Crippen molar-refractivity contribution in [2.75, 3.05) is 12.0 Å². The number of hydrogen-bond acceptors (Lipinski definition) is 6. The van der Waals surface area contributed by atoms with Crippen molar-refractivity contribution < 1.29 is 37.5 Å². The van der Waals surface area contributed by atoms with Crippen LogP contribution in [0.3, 0.4) is 0 Å². The van der Waals surface area contributed by atoms with Crippen LogP contribution in [0.15, 0.2) is 78.4 Å². The van der Waals surface area contributed by atoms with Gasteiger partial charge in [0.05, 0.1) is 28.7 Å². The number of anilines is 1. The molecule has 1 heterocycles. The fourth-order valence-electron chi connectivity index (χ4n) is 4.01. The minimum absolute atomic E-state index is 0.0985. The summed E-state index contributed by atoms with van der Waals surface area (Å²) >= 11 is 0. The maximum atomic E-state index is 13.4. The summed E-state index contributed by atoms with van der Waals surface area (Å²) in [6.45, 7) is 0. The number of rotatable bonds is 5. The zero-order chi connectivity index (χ0) is 26.2. The third-order valence-corrected chi connectivity index (χ3v) is 5.69. The molecule has 1 unspecified atom stereocenters. The first-order chi connectivity index (χ1) is 17.0. The molecule has 1 amide bonds. The van der Waals surface area contributed by atoms with E-state index >= 15 is 0 Å². The van der Waals surface area contributed by atoms with E-state index < -0.39 is 51.4 Å². The van der Waals surface area contributed by atoms with E-state index in [1.54, 1.807) is 0 Å². The molecule has 3 aromatic carbocycles. The molecular weight excluding hydrogens is 481 g/mol. The summed E-state index contributed by atoms with van der Waals surface area (Å²) in [7, 11) is 1.42. The molecule has 0 radical (unpaired) electrons.